The van der Waals surface area contributed by atoms with Crippen molar-refractivity contribution in [3.63, 3.8) is 0 Å². The lowest BCUT2D eigenvalue weighted by Crippen LogP contribution is -2.59. The van der Waals surface area contributed by atoms with Gasteiger partial charge in [0.15, 0.2) is 5.96 Å². The molecule has 1 aromatic rings. The van der Waals surface area contributed by atoms with Crippen molar-refractivity contribution in [3.8, 4) is 0 Å². The first-order valence-electron chi connectivity index (χ1n) is 17.3. The molecule has 0 unspecified atom stereocenters. The number of carboxylic acid groups (broad SMARTS) is 1. The number of carbonyl (C=O) groups is 7. The van der Waals surface area contributed by atoms with Gasteiger partial charge in [0.05, 0.1) is 6.42 Å². The highest BCUT2D eigenvalue weighted by Crippen LogP contribution is 2.12. The van der Waals surface area contributed by atoms with Crippen LogP contribution in [0.25, 0.3) is 0 Å². The van der Waals surface area contributed by atoms with Crippen molar-refractivity contribution in [1.82, 2.24) is 26.6 Å². The van der Waals surface area contributed by atoms with E-state index >= 15 is 0 Å². The number of nitrogens with two attached hydrogens (primary N) is 4. The molecule has 0 aliphatic carbocycles. The van der Waals surface area contributed by atoms with E-state index < -0.39 is 84.1 Å². The van der Waals surface area contributed by atoms with Crippen LogP contribution >= 0.6 is 0 Å². The summed E-state index contributed by atoms with van der Waals surface area (Å²) >= 11 is 0. The minimum Gasteiger partial charge on any atom is -0.480 e. The van der Waals surface area contributed by atoms with E-state index in [2.05, 4.69) is 31.6 Å². The van der Waals surface area contributed by atoms with Gasteiger partial charge in [0.2, 0.25) is 29.5 Å². The largest absolute Gasteiger partial charge is 0.480 e. The van der Waals surface area contributed by atoms with E-state index in [0.29, 0.717) is 5.56 Å². The van der Waals surface area contributed by atoms with Gasteiger partial charge in [-0.05, 0) is 43.1 Å². The number of carbonyl (C=O) groups excluding carboxylic acids is 6. The molecule has 15 N–H and O–H groups in total. The molecular formula is C34H56N10O9. The van der Waals surface area contributed by atoms with E-state index in [-0.39, 0.29) is 63.0 Å². The molecule has 296 valence electrons. The van der Waals surface area contributed by atoms with Gasteiger partial charge in [0, 0.05) is 19.5 Å². The molecule has 0 bridgehead atoms. The highest BCUT2D eigenvalue weighted by molar-refractivity contribution is 5.96. The van der Waals surface area contributed by atoms with Crippen LogP contribution < -0.4 is 49.5 Å². The van der Waals surface area contributed by atoms with Gasteiger partial charge in [-0.3, -0.25) is 33.8 Å². The summed E-state index contributed by atoms with van der Waals surface area (Å²) in [6.45, 7) is 6.93. The van der Waals surface area contributed by atoms with Gasteiger partial charge in [-0.1, -0.05) is 58.0 Å². The third-order valence-corrected chi connectivity index (χ3v) is 7.72. The fourth-order valence-electron chi connectivity index (χ4n) is 5.10. The summed E-state index contributed by atoms with van der Waals surface area (Å²) in [6, 6.07) is 2.16. The molecule has 19 nitrogen and oxygen atoms in total. The normalized spacial score (nSPS) is 14.4. The molecule has 0 fully saturated rings. The van der Waals surface area contributed by atoms with Crippen molar-refractivity contribution in [2.75, 3.05) is 13.1 Å². The van der Waals surface area contributed by atoms with E-state index in [9.17, 15) is 43.8 Å². The standard InChI is InChI=1S/C34H56N10O9/c1-18(2)13-22(29(48)40-21(11-8-12-39-34(37)38)28(47)44-25(33(52)53)16-27(36)46)41-30(49)23(14-19(3)4)42-31(50)24(43-32(51)26(45)17-35)15-20-9-6-5-7-10-20/h5-7,9-10,18-19,21-26,45H,8,11-17,35H2,1-4H3,(H2,36,46)(H,40,48)(H,41,49)(H,42,50)(H,43,51)(H,44,47)(H,52,53)(H4,37,38,39)/t21-,22-,23+,24+,25-,26-/m1/s1. The summed E-state index contributed by atoms with van der Waals surface area (Å²) in [5.41, 5.74) is 22.0. The number of carboxylic acids is 1. The van der Waals surface area contributed by atoms with E-state index in [1.165, 1.54) is 0 Å². The number of aliphatic hydroxyl groups is 1. The van der Waals surface area contributed by atoms with Crippen LogP contribution in [0.3, 0.4) is 0 Å². The Morgan fingerprint density at radius 3 is 1.58 bits per heavy atom. The second-order valence-corrected chi connectivity index (χ2v) is 13.5. The first-order chi connectivity index (χ1) is 24.8. The van der Waals surface area contributed by atoms with E-state index in [1.807, 2.05) is 13.8 Å². The molecular weight excluding hydrogens is 692 g/mol. The van der Waals surface area contributed by atoms with Gasteiger partial charge in [-0.2, -0.15) is 0 Å². The quantitative estimate of drug-likeness (QED) is 0.0288. The zero-order valence-corrected chi connectivity index (χ0v) is 30.7. The molecule has 0 aromatic heterocycles. The lowest BCUT2D eigenvalue weighted by molar-refractivity contribution is -0.143. The van der Waals surface area contributed by atoms with Gasteiger partial charge in [0.25, 0.3) is 5.91 Å². The number of hydrogen-bond acceptors (Lipinski definition) is 10. The molecule has 0 aliphatic heterocycles. The summed E-state index contributed by atoms with van der Waals surface area (Å²) in [5.74, 6) is -6.99. The van der Waals surface area contributed by atoms with Crippen LogP contribution in [-0.2, 0) is 40.0 Å². The van der Waals surface area contributed by atoms with Crippen molar-refractivity contribution < 1.29 is 43.8 Å². The molecule has 0 radical (unpaired) electrons. The Hall–Kier alpha value is -5.30. The number of benzene rings is 1. The minimum absolute atomic E-state index is 0.0267. The minimum atomic E-state index is -1.67. The van der Waals surface area contributed by atoms with Gasteiger partial charge >= 0.3 is 5.97 Å². The molecule has 1 rings (SSSR count). The first-order valence-corrected chi connectivity index (χ1v) is 17.3. The summed E-state index contributed by atoms with van der Waals surface area (Å²) in [5, 5.41) is 32.1. The summed E-state index contributed by atoms with van der Waals surface area (Å²) in [7, 11) is 0. The summed E-state index contributed by atoms with van der Waals surface area (Å²) in [4.78, 5) is 93.9. The van der Waals surface area contributed by atoms with Crippen molar-refractivity contribution in [2.45, 2.75) is 103 Å². The zero-order chi connectivity index (χ0) is 40.2. The number of amides is 6. The average Bonchev–Trinajstić information content (AvgIpc) is 3.07. The molecule has 53 heavy (non-hydrogen) atoms. The Labute approximate surface area is 308 Å². The number of aliphatic carboxylic acids is 1. The van der Waals surface area contributed by atoms with E-state index in [1.54, 1.807) is 44.2 Å². The summed E-state index contributed by atoms with van der Waals surface area (Å²) < 4.78 is 0. The number of primary amides is 1. The number of nitrogens with zero attached hydrogens (tertiary/aromatic N) is 1. The number of nitrogens with one attached hydrogen (secondary N) is 5. The Balaban J connectivity index is 3.33. The van der Waals surface area contributed by atoms with Gasteiger partial charge in [-0.15, -0.1) is 0 Å². The number of guanidine groups is 1. The molecule has 0 spiro atoms. The van der Waals surface area contributed by atoms with Crippen LogP contribution in [-0.4, -0.2) is 107 Å². The van der Waals surface area contributed by atoms with Crippen molar-refractivity contribution >= 4 is 47.4 Å². The summed E-state index contributed by atoms with van der Waals surface area (Å²) in [6.07, 6.45) is -1.88. The van der Waals surface area contributed by atoms with Crippen LogP contribution in [0.15, 0.2) is 35.3 Å². The highest BCUT2D eigenvalue weighted by atomic mass is 16.4. The van der Waals surface area contributed by atoms with Crippen LogP contribution in [0.1, 0.15) is 65.4 Å². The Kier molecular flexibility index (Phi) is 20.1. The van der Waals surface area contributed by atoms with Crippen molar-refractivity contribution in [2.24, 2.45) is 39.8 Å². The zero-order valence-electron chi connectivity index (χ0n) is 30.7. The molecule has 0 heterocycles. The molecule has 0 aliphatic rings. The smallest absolute Gasteiger partial charge is 0.326 e. The highest BCUT2D eigenvalue weighted by Gasteiger charge is 2.33. The lowest BCUT2D eigenvalue weighted by atomic mass is 9.98. The third kappa shape index (κ3) is 18.2. The van der Waals surface area contributed by atoms with Crippen molar-refractivity contribution in [3.05, 3.63) is 35.9 Å². The maximum Gasteiger partial charge on any atom is 0.326 e. The first kappa shape index (κ1) is 45.7. The number of hydrogen-bond donors (Lipinski definition) is 11. The van der Waals surface area contributed by atoms with Crippen LogP contribution in [0, 0.1) is 11.8 Å². The fraction of sp³-hybridized carbons (Fsp3) is 0.588. The monoisotopic (exact) mass is 748 g/mol. The molecule has 6 atom stereocenters. The molecule has 0 saturated carbocycles. The van der Waals surface area contributed by atoms with Crippen LogP contribution in [0.4, 0.5) is 0 Å². The lowest BCUT2D eigenvalue weighted by Gasteiger charge is -2.28. The van der Waals surface area contributed by atoms with Crippen molar-refractivity contribution in [1.29, 1.82) is 0 Å². The maximum absolute atomic E-state index is 13.8. The Morgan fingerprint density at radius 2 is 1.13 bits per heavy atom. The predicted molar refractivity (Wildman–Crippen MR) is 195 cm³/mol. The third-order valence-electron chi connectivity index (χ3n) is 7.72. The maximum atomic E-state index is 13.8. The number of rotatable bonds is 24. The average molecular weight is 749 g/mol. The van der Waals surface area contributed by atoms with Gasteiger partial charge in [-0.25, -0.2) is 4.79 Å². The second-order valence-electron chi connectivity index (χ2n) is 13.5. The predicted octanol–water partition coefficient (Wildman–Crippen LogP) is -2.92. The molecule has 0 saturated heterocycles. The number of aliphatic hydroxyl groups excluding tert-OH is 1. The molecule has 19 heteroatoms. The Morgan fingerprint density at radius 1 is 0.679 bits per heavy atom. The Bertz CT molecular complexity index is 1420. The van der Waals surface area contributed by atoms with Crippen LogP contribution in [0.2, 0.25) is 0 Å². The van der Waals surface area contributed by atoms with Crippen LogP contribution in [0.5, 0.6) is 0 Å². The number of aliphatic imine (C=N–C) groups is 1. The van der Waals surface area contributed by atoms with Gasteiger partial charge in [0.1, 0.15) is 36.3 Å². The van der Waals surface area contributed by atoms with E-state index in [0.717, 1.165) is 0 Å². The second kappa shape index (κ2) is 23.3. The SMILES string of the molecule is CC(C)C[C@H](NC(=O)[C@H](Cc1ccccc1)NC(=O)[C@H](O)CN)C(=O)N[C@H](CC(C)C)C(=O)N[C@H](CCCN=C(N)N)C(=O)N[C@H](CC(N)=O)C(=O)O. The molecule has 1 aromatic carbocycles. The fourth-order valence-corrected chi connectivity index (χ4v) is 5.10. The molecule has 6 amide bonds. The topological polar surface area (TPSA) is 337 Å². The van der Waals surface area contributed by atoms with Gasteiger partial charge < -0.3 is 59.7 Å². The van der Waals surface area contributed by atoms with E-state index in [4.69, 9.17) is 22.9 Å².